The molecule has 0 unspecified atom stereocenters. The topological polar surface area (TPSA) is 18.5 Å². The van der Waals surface area contributed by atoms with Crippen LogP contribution in [0.2, 0.25) is 0 Å². The first-order valence-corrected chi connectivity index (χ1v) is 7.06. The number of methoxy groups -OCH3 is 1. The standard InChI is InChI=1S/C15H13BrF2O2/c1-19-13-3-5-15(10(7-13)8-16)20-9-11-6-12(17)2-4-14(11)18/h2-7H,8-9H2,1H3. The average molecular weight is 343 g/mol. The highest BCUT2D eigenvalue weighted by Gasteiger charge is 2.08. The van der Waals surface area contributed by atoms with Crippen LogP contribution in [-0.4, -0.2) is 7.11 Å². The minimum atomic E-state index is -0.486. The molecule has 2 rings (SSSR count). The van der Waals surface area contributed by atoms with Crippen LogP contribution in [0.5, 0.6) is 11.5 Å². The van der Waals surface area contributed by atoms with Gasteiger partial charge in [-0.1, -0.05) is 15.9 Å². The molecule has 106 valence electrons. The van der Waals surface area contributed by atoms with Crippen molar-refractivity contribution in [1.82, 2.24) is 0 Å². The van der Waals surface area contributed by atoms with Gasteiger partial charge in [-0.2, -0.15) is 0 Å². The van der Waals surface area contributed by atoms with Crippen molar-refractivity contribution in [3.8, 4) is 11.5 Å². The van der Waals surface area contributed by atoms with Crippen LogP contribution in [0, 0.1) is 11.6 Å². The Labute approximate surface area is 124 Å². The molecule has 0 saturated carbocycles. The maximum absolute atomic E-state index is 13.5. The van der Waals surface area contributed by atoms with Crippen molar-refractivity contribution >= 4 is 15.9 Å². The van der Waals surface area contributed by atoms with Crippen LogP contribution >= 0.6 is 15.9 Å². The lowest BCUT2D eigenvalue weighted by Crippen LogP contribution is -2.01. The third-order valence-electron chi connectivity index (χ3n) is 2.80. The third-order valence-corrected chi connectivity index (χ3v) is 3.41. The SMILES string of the molecule is COc1ccc(OCc2cc(F)ccc2F)c(CBr)c1. The summed E-state index contributed by atoms with van der Waals surface area (Å²) in [7, 11) is 1.58. The number of benzene rings is 2. The molecule has 0 aliphatic carbocycles. The lowest BCUT2D eigenvalue weighted by atomic mass is 10.2. The Bertz CT molecular complexity index is 602. The van der Waals surface area contributed by atoms with Crippen LogP contribution in [0.25, 0.3) is 0 Å². The zero-order chi connectivity index (χ0) is 14.5. The summed E-state index contributed by atoms with van der Waals surface area (Å²) in [6, 6.07) is 8.62. The average Bonchev–Trinajstić information content (AvgIpc) is 2.48. The first kappa shape index (κ1) is 14.8. The molecule has 0 heterocycles. The van der Waals surface area contributed by atoms with Crippen molar-refractivity contribution in [2.75, 3.05) is 7.11 Å². The molecule has 2 aromatic carbocycles. The lowest BCUT2D eigenvalue weighted by molar-refractivity contribution is 0.296. The maximum Gasteiger partial charge on any atom is 0.130 e. The van der Waals surface area contributed by atoms with E-state index in [-0.39, 0.29) is 12.2 Å². The third kappa shape index (κ3) is 3.48. The van der Waals surface area contributed by atoms with Gasteiger partial charge in [-0.05, 0) is 36.4 Å². The quantitative estimate of drug-likeness (QED) is 0.747. The smallest absolute Gasteiger partial charge is 0.130 e. The number of ether oxygens (including phenoxy) is 2. The molecule has 0 aromatic heterocycles. The Morgan fingerprint density at radius 2 is 1.85 bits per heavy atom. The zero-order valence-corrected chi connectivity index (χ0v) is 12.4. The van der Waals surface area contributed by atoms with Gasteiger partial charge in [0, 0.05) is 16.5 Å². The molecule has 0 saturated heterocycles. The van der Waals surface area contributed by atoms with Gasteiger partial charge in [0.2, 0.25) is 0 Å². The Hall–Kier alpha value is -1.62. The highest BCUT2D eigenvalue weighted by atomic mass is 79.9. The molecule has 0 spiro atoms. The minimum Gasteiger partial charge on any atom is -0.497 e. The molecule has 0 aliphatic rings. The molecule has 2 nitrogen and oxygen atoms in total. The second kappa shape index (κ2) is 6.70. The summed E-state index contributed by atoms with van der Waals surface area (Å²) in [6.45, 7) is -0.0318. The second-order valence-electron chi connectivity index (χ2n) is 4.13. The maximum atomic E-state index is 13.5. The van der Waals surface area contributed by atoms with Crippen molar-refractivity contribution in [2.45, 2.75) is 11.9 Å². The summed E-state index contributed by atoms with van der Waals surface area (Å²) in [4.78, 5) is 0. The first-order valence-electron chi connectivity index (χ1n) is 5.93. The summed E-state index contributed by atoms with van der Waals surface area (Å²) < 4.78 is 37.2. The van der Waals surface area contributed by atoms with E-state index in [1.54, 1.807) is 19.2 Å². The largest absolute Gasteiger partial charge is 0.497 e. The van der Waals surface area contributed by atoms with Gasteiger partial charge in [0.1, 0.15) is 29.7 Å². The van der Waals surface area contributed by atoms with Crippen LogP contribution in [0.15, 0.2) is 36.4 Å². The Kier molecular flexibility index (Phi) is 4.95. The fourth-order valence-corrected chi connectivity index (χ4v) is 2.18. The highest BCUT2D eigenvalue weighted by Crippen LogP contribution is 2.27. The first-order chi connectivity index (χ1) is 9.63. The van der Waals surface area contributed by atoms with Crippen molar-refractivity contribution in [1.29, 1.82) is 0 Å². The van der Waals surface area contributed by atoms with Crippen LogP contribution < -0.4 is 9.47 Å². The summed E-state index contributed by atoms with van der Waals surface area (Å²) in [5, 5.41) is 0.575. The van der Waals surface area contributed by atoms with Crippen molar-refractivity contribution in [3.63, 3.8) is 0 Å². The van der Waals surface area contributed by atoms with Crippen molar-refractivity contribution in [2.24, 2.45) is 0 Å². The molecule has 5 heteroatoms. The number of halogens is 3. The molecule has 0 amide bonds. The molecular formula is C15H13BrF2O2. The lowest BCUT2D eigenvalue weighted by Gasteiger charge is -2.12. The zero-order valence-electron chi connectivity index (χ0n) is 10.8. The normalized spacial score (nSPS) is 10.4. The fourth-order valence-electron chi connectivity index (χ4n) is 1.74. The van der Waals surface area contributed by atoms with Crippen LogP contribution in [0.3, 0.4) is 0 Å². The van der Waals surface area contributed by atoms with Crippen molar-refractivity contribution < 1.29 is 18.3 Å². The summed E-state index contributed by atoms with van der Waals surface area (Å²) >= 11 is 3.35. The highest BCUT2D eigenvalue weighted by molar-refractivity contribution is 9.08. The van der Waals surface area contributed by atoms with Gasteiger partial charge >= 0.3 is 0 Å². The second-order valence-corrected chi connectivity index (χ2v) is 4.69. The van der Waals surface area contributed by atoms with Gasteiger partial charge in [-0.3, -0.25) is 0 Å². The van der Waals surface area contributed by atoms with Gasteiger partial charge in [-0.15, -0.1) is 0 Å². The van der Waals surface area contributed by atoms with Gasteiger partial charge in [-0.25, -0.2) is 8.78 Å². The van der Waals surface area contributed by atoms with E-state index in [1.807, 2.05) is 6.07 Å². The van der Waals surface area contributed by atoms with Crippen LogP contribution in [-0.2, 0) is 11.9 Å². The molecule has 0 bridgehead atoms. The van der Waals surface area contributed by atoms with E-state index in [0.717, 1.165) is 23.8 Å². The van der Waals surface area contributed by atoms with E-state index in [4.69, 9.17) is 9.47 Å². The molecule has 20 heavy (non-hydrogen) atoms. The Balaban J connectivity index is 2.16. The van der Waals surface area contributed by atoms with E-state index < -0.39 is 11.6 Å². The Morgan fingerprint density at radius 1 is 1.05 bits per heavy atom. The van der Waals surface area contributed by atoms with E-state index >= 15 is 0 Å². The molecule has 2 aromatic rings. The molecular weight excluding hydrogens is 330 g/mol. The van der Waals surface area contributed by atoms with E-state index in [0.29, 0.717) is 16.8 Å². The number of hydrogen-bond donors (Lipinski definition) is 0. The van der Waals surface area contributed by atoms with E-state index in [9.17, 15) is 8.78 Å². The summed E-state index contributed by atoms with van der Waals surface area (Å²) in [5.74, 6) is 0.343. The number of rotatable bonds is 5. The number of hydrogen-bond acceptors (Lipinski definition) is 2. The fraction of sp³-hybridized carbons (Fsp3) is 0.200. The molecule has 0 N–H and O–H groups in total. The molecule has 0 fully saturated rings. The summed E-state index contributed by atoms with van der Waals surface area (Å²) in [5.41, 5.74) is 1.06. The van der Waals surface area contributed by atoms with Gasteiger partial charge in [0.05, 0.1) is 7.11 Å². The monoisotopic (exact) mass is 342 g/mol. The van der Waals surface area contributed by atoms with Crippen molar-refractivity contribution in [3.05, 3.63) is 59.2 Å². The predicted octanol–water partition coefficient (Wildman–Crippen LogP) is 4.45. The molecule has 0 aliphatic heterocycles. The van der Waals surface area contributed by atoms with Gasteiger partial charge in [0.25, 0.3) is 0 Å². The summed E-state index contributed by atoms with van der Waals surface area (Å²) in [6.07, 6.45) is 0. The number of alkyl halides is 1. The molecule has 0 atom stereocenters. The van der Waals surface area contributed by atoms with Gasteiger partial charge < -0.3 is 9.47 Å². The molecule has 0 radical (unpaired) electrons. The van der Waals surface area contributed by atoms with E-state index in [1.165, 1.54) is 0 Å². The minimum absolute atomic E-state index is 0.0318. The van der Waals surface area contributed by atoms with Crippen LogP contribution in [0.4, 0.5) is 8.78 Å². The Morgan fingerprint density at radius 3 is 2.55 bits per heavy atom. The van der Waals surface area contributed by atoms with E-state index in [2.05, 4.69) is 15.9 Å². The predicted molar refractivity (Wildman–Crippen MR) is 76.3 cm³/mol. The van der Waals surface area contributed by atoms with Gasteiger partial charge in [0.15, 0.2) is 0 Å². The van der Waals surface area contributed by atoms with Crippen LogP contribution in [0.1, 0.15) is 11.1 Å².